The number of nitrogen functional groups attached to an aromatic ring is 1. The first kappa shape index (κ1) is 14.4. The average molecular weight is 250 g/mol. The first-order valence-electron chi connectivity index (χ1n) is 6.00. The van der Waals surface area contributed by atoms with E-state index < -0.39 is 0 Å². The highest BCUT2D eigenvalue weighted by Gasteiger charge is 2.23. The van der Waals surface area contributed by atoms with Crippen molar-refractivity contribution < 1.29 is 9.53 Å². The highest BCUT2D eigenvalue weighted by Crippen LogP contribution is 2.22. The molecule has 1 aromatic carbocycles. The molecular weight excluding hydrogens is 228 g/mol. The van der Waals surface area contributed by atoms with E-state index in [0.29, 0.717) is 17.0 Å². The van der Waals surface area contributed by atoms with Gasteiger partial charge in [-0.15, -0.1) is 0 Å². The molecular formula is C14H22N2O2. The zero-order valence-electron chi connectivity index (χ0n) is 11.7. The Balaban J connectivity index is 2.91. The molecule has 4 nitrogen and oxygen atoms in total. The molecule has 18 heavy (non-hydrogen) atoms. The van der Waals surface area contributed by atoms with Crippen LogP contribution in [0.15, 0.2) is 18.2 Å². The zero-order valence-corrected chi connectivity index (χ0v) is 11.7. The lowest BCUT2D eigenvalue weighted by Crippen LogP contribution is -2.41. The van der Waals surface area contributed by atoms with Crippen molar-refractivity contribution in [3.8, 4) is 5.75 Å². The van der Waals surface area contributed by atoms with Gasteiger partial charge in [0.1, 0.15) is 5.75 Å². The predicted molar refractivity (Wildman–Crippen MR) is 73.8 cm³/mol. The van der Waals surface area contributed by atoms with E-state index >= 15 is 0 Å². The van der Waals surface area contributed by atoms with E-state index in [9.17, 15) is 4.79 Å². The Bertz CT molecular complexity index is 436. The first-order valence-corrected chi connectivity index (χ1v) is 6.00. The van der Waals surface area contributed by atoms with Gasteiger partial charge in [-0.3, -0.25) is 4.79 Å². The van der Waals surface area contributed by atoms with Crippen molar-refractivity contribution in [1.82, 2.24) is 5.32 Å². The standard InChI is InChI=1S/C14H22N2O2/c1-9(14(2,3)4)16-13(17)11-8-10(18-5)6-7-12(11)15/h6-9H,15H2,1-5H3,(H,16,17). The van der Waals surface area contributed by atoms with Crippen molar-refractivity contribution in [2.75, 3.05) is 12.8 Å². The monoisotopic (exact) mass is 250 g/mol. The number of nitrogens with one attached hydrogen (secondary N) is 1. The van der Waals surface area contributed by atoms with Crippen LogP contribution in [0.3, 0.4) is 0 Å². The molecule has 0 fully saturated rings. The van der Waals surface area contributed by atoms with Crippen LogP contribution in [0.5, 0.6) is 5.75 Å². The third-order valence-electron chi connectivity index (χ3n) is 3.15. The summed E-state index contributed by atoms with van der Waals surface area (Å²) in [6, 6.07) is 5.12. The lowest BCUT2D eigenvalue weighted by atomic mass is 9.88. The Morgan fingerprint density at radius 3 is 2.50 bits per heavy atom. The van der Waals surface area contributed by atoms with E-state index in [1.54, 1.807) is 25.3 Å². The summed E-state index contributed by atoms with van der Waals surface area (Å²) >= 11 is 0. The SMILES string of the molecule is COc1ccc(N)c(C(=O)NC(C)C(C)(C)C)c1. The van der Waals surface area contributed by atoms with Gasteiger partial charge in [-0.25, -0.2) is 0 Å². The number of amides is 1. The normalized spacial score (nSPS) is 12.9. The number of anilines is 1. The Labute approximate surface area is 109 Å². The van der Waals surface area contributed by atoms with E-state index in [-0.39, 0.29) is 17.4 Å². The second-order valence-electron chi connectivity index (χ2n) is 5.51. The first-order chi connectivity index (χ1) is 8.25. The molecule has 0 heterocycles. The van der Waals surface area contributed by atoms with Crippen LogP contribution in [-0.4, -0.2) is 19.1 Å². The number of hydrogen-bond donors (Lipinski definition) is 2. The van der Waals surface area contributed by atoms with Gasteiger partial charge in [0.15, 0.2) is 0 Å². The lowest BCUT2D eigenvalue weighted by Gasteiger charge is -2.28. The molecule has 1 amide bonds. The van der Waals surface area contributed by atoms with Crippen molar-refractivity contribution in [3.05, 3.63) is 23.8 Å². The molecule has 1 rings (SSSR count). The molecule has 0 aliphatic carbocycles. The number of methoxy groups -OCH3 is 1. The summed E-state index contributed by atoms with van der Waals surface area (Å²) in [4.78, 5) is 12.1. The molecule has 0 aliphatic heterocycles. The number of carbonyl (C=O) groups excluding carboxylic acids is 1. The van der Waals surface area contributed by atoms with E-state index in [0.717, 1.165) is 0 Å². The molecule has 100 valence electrons. The van der Waals surface area contributed by atoms with Gasteiger partial charge in [0, 0.05) is 11.7 Å². The van der Waals surface area contributed by atoms with Gasteiger partial charge >= 0.3 is 0 Å². The minimum atomic E-state index is -0.172. The van der Waals surface area contributed by atoms with Gasteiger partial charge < -0.3 is 15.8 Å². The molecule has 1 unspecified atom stereocenters. The molecule has 0 spiro atoms. The lowest BCUT2D eigenvalue weighted by molar-refractivity contribution is 0.0910. The van der Waals surface area contributed by atoms with Crippen LogP contribution in [0.2, 0.25) is 0 Å². The second kappa shape index (κ2) is 5.29. The van der Waals surface area contributed by atoms with E-state index in [1.165, 1.54) is 0 Å². The van der Waals surface area contributed by atoms with Crippen LogP contribution in [-0.2, 0) is 0 Å². The fourth-order valence-corrected chi connectivity index (χ4v) is 1.35. The predicted octanol–water partition coefficient (Wildman–Crippen LogP) is 2.44. The number of benzene rings is 1. The summed E-state index contributed by atoms with van der Waals surface area (Å²) < 4.78 is 5.10. The third-order valence-corrected chi connectivity index (χ3v) is 3.15. The molecule has 0 radical (unpaired) electrons. The molecule has 1 aromatic rings. The van der Waals surface area contributed by atoms with E-state index in [1.807, 2.05) is 6.92 Å². The van der Waals surface area contributed by atoms with Crippen LogP contribution < -0.4 is 15.8 Å². The summed E-state index contributed by atoms with van der Waals surface area (Å²) in [5.74, 6) is 0.451. The van der Waals surface area contributed by atoms with Crippen LogP contribution in [0.25, 0.3) is 0 Å². The Morgan fingerprint density at radius 2 is 2.00 bits per heavy atom. The van der Waals surface area contributed by atoms with Crippen LogP contribution in [0.4, 0.5) is 5.69 Å². The van der Waals surface area contributed by atoms with Crippen LogP contribution >= 0.6 is 0 Å². The highest BCUT2D eigenvalue weighted by atomic mass is 16.5. The van der Waals surface area contributed by atoms with Gasteiger partial charge in [-0.1, -0.05) is 20.8 Å². The number of rotatable bonds is 3. The maximum Gasteiger partial charge on any atom is 0.253 e. The summed E-state index contributed by atoms with van der Waals surface area (Å²) in [6.07, 6.45) is 0. The summed E-state index contributed by atoms with van der Waals surface area (Å²) in [5.41, 5.74) is 6.72. The number of hydrogen-bond acceptors (Lipinski definition) is 3. The molecule has 0 saturated heterocycles. The maximum atomic E-state index is 12.1. The number of carbonyl (C=O) groups is 1. The second-order valence-corrected chi connectivity index (χ2v) is 5.51. The summed E-state index contributed by atoms with van der Waals surface area (Å²) in [5, 5.41) is 2.95. The Hall–Kier alpha value is -1.71. The molecule has 3 N–H and O–H groups in total. The van der Waals surface area contributed by atoms with Crippen molar-refractivity contribution >= 4 is 11.6 Å². The summed E-state index contributed by atoms with van der Waals surface area (Å²) in [7, 11) is 1.56. The van der Waals surface area contributed by atoms with Gasteiger partial charge in [0.05, 0.1) is 12.7 Å². The number of ether oxygens (including phenoxy) is 1. The highest BCUT2D eigenvalue weighted by molar-refractivity contribution is 5.99. The van der Waals surface area contributed by atoms with Crippen molar-refractivity contribution in [2.45, 2.75) is 33.7 Å². The fraction of sp³-hybridized carbons (Fsp3) is 0.500. The van der Waals surface area contributed by atoms with Crippen LogP contribution in [0.1, 0.15) is 38.1 Å². The minimum absolute atomic E-state index is 0.00326. The summed E-state index contributed by atoms with van der Waals surface area (Å²) in [6.45, 7) is 8.21. The van der Waals surface area contributed by atoms with Gasteiger partial charge in [-0.05, 0) is 30.5 Å². The van der Waals surface area contributed by atoms with E-state index in [2.05, 4.69) is 26.1 Å². The minimum Gasteiger partial charge on any atom is -0.497 e. The average Bonchev–Trinajstić information content (AvgIpc) is 2.28. The topological polar surface area (TPSA) is 64.3 Å². The maximum absolute atomic E-state index is 12.1. The molecule has 0 saturated carbocycles. The van der Waals surface area contributed by atoms with Crippen molar-refractivity contribution in [2.24, 2.45) is 5.41 Å². The fourth-order valence-electron chi connectivity index (χ4n) is 1.35. The van der Waals surface area contributed by atoms with Gasteiger partial charge in [0.2, 0.25) is 0 Å². The van der Waals surface area contributed by atoms with Crippen molar-refractivity contribution in [3.63, 3.8) is 0 Å². The zero-order chi connectivity index (χ0) is 13.9. The molecule has 1 atom stereocenters. The van der Waals surface area contributed by atoms with E-state index in [4.69, 9.17) is 10.5 Å². The number of nitrogens with two attached hydrogens (primary N) is 1. The third kappa shape index (κ3) is 3.39. The van der Waals surface area contributed by atoms with Crippen LogP contribution in [0, 0.1) is 5.41 Å². The Kier molecular flexibility index (Phi) is 4.22. The van der Waals surface area contributed by atoms with Gasteiger partial charge in [-0.2, -0.15) is 0 Å². The quantitative estimate of drug-likeness (QED) is 0.810. The molecule has 4 heteroatoms. The molecule has 0 aliphatic rings. The van der Waals surface area contributed by atoms with Gasteiger partial charge in [0.25, 0.3) is 5.91 Å². The molecule has 0 aromatic heterocycles. The smallest absolute Gasteiger partial charge is 0.253 e. The van der Waals surface area contributed by atoms with Crippen molar-refractivity contribution in [1.29, 1.82) is 0 Å². The largest absolute Gasteiger partial charge is 0.497 e. The Morgan fingerprint density at radius 1 is 1.39 bits per heavy atom. The molecule has 0 bridgehead atoms.